The van der Waals surface area contributed by atoms with E-state index in [4.69, 9.17) is 4.52 Å². The van der Waals surface area contributed by atoms with E-state index in [0.717, 1.165) is 5.69 Å². The lowest BCUT2D eigenvalue weighted by molar-refractivity contribution is -0.117. The third kappa shape index (κ3) is 2.96. The molecule has 0 saturated heterocycles. The monoisotopic (exact) mass is 231 g/mol. The zero-order chi connectivity index (χ0) is 12.3. The summed E-state index contributed by atoms with van der Waals surface area (Å²) in [4.78, 5) is 19.3. The lowest BCUT2D eigenvalue weighted by Crippen LogP contribution is -1.94. The molecule has 0 aliphatic rings. The number of hydrogen-bond acceptors (Lipinski definition) is 5. The van der Waals surface area contributed by atoms with E-state index in [2.05, 4.69) is 15.1 Å². The van der Waals surface area contributed by atoms with Crippen LogP contribution in [0.3, 0.4) is 0 Å². The van der Waals surface area contributed by atoms with E-state index in [1.54, 1.807) is 6.92 Å². The first-order valence-corrected chi connectivity index (χ1v) is 5.41. The summed E-state index contributed by atoms with van der Waals surface area (Å²) in [5, 5.41) is 3.85. The lowest BCUT2D eigenvalue weighted by atomic mass is 10.2. The Morgan fingerprint density at radius 2 is 2.18 bits per heavy atom. The van der Waals surface area contributed by atoms with Crippen molar-refractivity contribution in [1.82, 2.24) is 15.1 Å². The highest BCUT2D eigenvalue weighted by atomic mass is 16.5. The van der Waals surface area contributed by atoms with Crippen LogP contribution in [0.1, 0.15) is 24.9 Å². The van der Waals surface area contributed by atoms with Gasteiger partial charge in [-0.15, -0.1) is 0 Å². The molecular weight excluding hydrogens is 218 g/mol. The van der Waals surface area contributed by atoms with Crippen molar-refractivity contribution in [2.24, 2.45) is 0 Å². The van der Waals surface area contributed by atoms with Crippen LogP contribution in [-0.2, 0) is 11.2 Å². The third-order valence-electron chi connectivity index (χ3n) is 2.28. The van der Waals surface area contributed by atoms with Crippen LogP contribution in [0.2, 0.25) is 0 Å². The molecule has 5 nitrogen and oxygen atoms in total. The maximum atomic E-state index is 10.8. The summed E-state index contributed by atoms with van der Waals surface area (Å²) in [7, 11) is 0. The number of Topliss-reactive ketones (excluding diaryl/α,β-unsaturated/α-hetero) is 1. The highest BCUT2D eigenvalue weighted by Gasteiger charge is 2.10. The van der Waals surface area contributed by atoms with E-state index in [-0.39, 0.29) is 5.78 Å². The predicted octanol–water partition coefficient (Wildman–Crippen LogP) is 1.96. The molecule has 2 aromatic rings. The van der Waals surface area contributed by atoms with E-state index in [9.17, 15) is 4.79 Å². The van der Waals surface area contributed by atoms with Crippen molar-refractivity contribution in [3.8, 4) is 11.5 Å². The van der Waals surface area contributed by atoms with Crippen molar-refractivity contribution < 1.29 is 9.32 Å². The Kier molecular flexibility index (Phi) is 3.27. The summed E-state index contributed by atoms with van der Waals surface area (Å²) >= 11 is 0. The summed E-state index contributed by atoms with van der Waals surface area (Å²) in [6.07, 6.45) is 0.900. The molecule has 17 heavy (non-hydrogen) atoms. The van der Waals surface area contributed by atoms with Crippen LogP contribution in [-0.4, -0.2) is 20.9 Å². The lowest BCUT2D eigenvalue weighted by Gasteiger charge is -1.94. The maximum absolute atomic E-state index is 10.8. The van der Waals surface area contributed by atoms with Gasteiger partial charge < -0.3 is 9.32 Å². The van der Waals surface area contributed by atoms with Crippen LogP contribution in [0, 0.1) is 6.92 Å². The van der Waals surface area contributed by atoms with Crippen molar-refractivity contribution in [3.63, 3.8) is 0 Å². The number of ketones is 1. The van der Waals surface area contributed by atoms with Gasteiger partial charge >= 0.3 is 0 Å². The van der Waals surface area contributed by atoms with Gasteiger partial charge in [0.05, 0.1) is 0 Å². The Morgan fingerprint density at radius 1 is 1.35 bits per heavy atom. The zero-order valence-electron chi connectivity index (χ0n) is 9.80. The van der Waals surface area contributed by atoms with Crippen molar-refractivity contribution in [1.29, 1.82) is 0 Å². The van der Waals surface area contributed by atoms with Crippen LogP contribution in [0.15, 0.2) is 22.7 Å². The highest BCUT2D eigenvalue weighted by molar-refractivity contribution is 5.75. The SMILES string of the molecule is CC(=O)CCc1nc(-c2cccc(C)n2)no1. The largest absolute Gasteiger partial charge is 0.339 e. The zero-order valence-corrected chi connectivity index (χ0v) is 9.80. The van der Waals surface area contributed by atoms with Gasteiger partial charge in [0.25, 0.3) is 0 Å². The predicted molar refractivity (Wildman–Crippen MR) is 61.3 cm³/mol. The van der Waals surface area contributed by atoms with Crippen LogP contribution in [0.5, 0.6) is 0 Å². The number of rotatable bonds is 4. The number of carbonyl (C=O) groups is 1. The van der Waals surface area contributed by atoms with Gasteiger partial charge in [0, 0.05) is 18.5 Å². The van der Waals surface area contributed by atoms with E-state index < -0.39 is 0 Å². The molecule has 0 aromatic carbocycles. The Morgan fingerprint density at radius 3 is 2.88 bits per heavy atom. The van der Waals surface area contributed by atoms with Gasteiger partial charge in [-0.3, -0.25) is 0 Å². The van der Waals surface area contributed by atoms with Crippen molar-refractivity contribution in [2.75, 3.05) is 0 Å². The fourth-order valence-electron chi connectivity index (χ4n) is 1.41. The third-order valence-corrected chi connectivity index (χ3v) is 2.28. The fourth-order valence-corrected chi connectivity index (χ4v) is 1.41. The van der Waals surface area contributed by atoms with E-state index in [1.165, 1.54) is 0 Å². The molecule has 0 amide bonds. The minimum Gasteiger partial charge on any atom is -0.339 e. The number of nitrogens with zero attached hydrogens (tertiary/aromatic N) is 3. The first kappa shape index (κ1) is 11.4. The van der Waals surface area contributed by atoms with Crippen molar-refractivity contribution >= 4 is 5.78 Å². The van der Waals surface area contributed by atoms with Gasteiger partial charge in [-0.2, -0.15) is 4.98 Å². The Labute approximate surface area is 98.9 Å². The molecule has 0 fully saturated rings. The molecule has 0 unspecified atom stereocenters. The van der Waals surface area contributed by atoms with Gasteiger partial charge in [-0.05, 0) is 26.0 Å². The van der Waals surface area contributed by atoms with Gasteiger partial charge in [0.15, 0.2) is 0 Å². The molecule has 88 valence electrons. The molecule has 0 saturated carbocycles. The number of hydrogen-bond donors (Lipinski definition) is 0. The highest BCUT2D eigenvalue weighted by Crippen LogP contribution is 2.13. The van der Waals surface area contributed by atoms with Crippen LogP contribution >= 0.6 is 0 Å². The Hall–Kier alpha value is -2.04. The standard InChI is InChI=1S/C12H13N3O2/c1-8-4-3-5-10(13-8)12-14-11(17-15-12)7-6-9(2)16/h3-5H,6-7H2,1-2H3. The van der Waals surface area contributed by atoms with Crippen molar-refractivity contribution in [2.45, 2.75) is 26.7 Å². The second kappa shape index (κ2) is 4.86. The molecule has 5 heteroatoms. The molecule has 2 aromatic heterocycles. The summed E-state index contributed by atoms with van der Waals surface area (Å²) in [5.74, 6) is 1.05. The molecule has 2 heterocycles. The van der Waals surface area contributed by atoms with Gasteiger partial charge in [0.2, 0.25) is 11.7 Å². The van der Waals surface area contributed by atoms with Crippen molar-refractivity contribution in [3.05, 3.63) is 29.8 Å². The van der Waals surface area contributed by atoms with E-state index >= 15 is 0 Å². The average Bonchev–Trinajstić information content (AvgIpc) is 2.75. The second-order valence-corrected chi connectivity index (χ2v) is 3.88. The fraction of sp³-hybridized carbons (Fsp3) is 0.333. The Balaban J connectivity index is 2.15. The molecule has 0 N–H and O–H groups in total. The molecule has 0 atom stereocenters. The van der Waals surface area contributed by atoms with E-state index in [1.807, 2.05) is 25.1 Å². The minimum absolute atomic E-state index is 0.110. The summed E-state index contributed by atoms with van der Waals surface area (Å²) in [5.41, 5.74) is 1.58. The van der Waals surface area contributed by atoms with Crippen LogP contribution in [0.4, 0.5) is 0 Å². The second-order valence-electron chi connectivity index (χ2n) is 3.88. The smallest absolute Gasteiger partial charge is 0.227 e. The molecule has 0 aliphatic heterocycles. The molecule has 0 spiro atoms. The first-order valence-electron chi connectivity index (χ1n) is 5.41. The molecule has 0 bridgehead atoms. The maximum Gasteiger partial charge on any atom is 0.227 e. The molecule has 0 radical (unpaired) electrons. The molecular formula is C12H13N3O2. The number of aryl methyl sites for hydroxylation is 2. The molecule has 2 rings (SSSR count). The van der Waals surface area contributed by atoms with Gasteiger partial charge in [-0.1, -0.05) is 11.2 Å². The van der Waals surface area contributed by atoms with Crippen LogP contribution < -0.4 is 0 Å². The molecule has 0 aliphatic carbocycles. The topological polar surface area (TPSA) is 68.9 Å². The van der Waals surface area contributed by atoms with Crippen LogP contribution in [0.25, 0.3) is 11.5 Å². The summed E-state index contributed by atoms with van der Waals surface area (Å²) < 4.78 is 5.06. The average molecular weight is 231 g/mol. The number of carbonyl (C=O) groups excluding carboxylic acids is 1. The summed E-state index contributed by atoms with van der Waals surface area (Å²) in [6, 6.07) is 5.62. The van der Waals surface area contributed by atoms with Gasteiger partial charge in [0.1, 0.15) is 11.5 Å². The normalized spacial score (nSPS) is 10.5. The first-order chi connectivity index (χ1) is 8.15. The quantitative estimate of drug-likeness (QED) is 0.804. The minimum atomic E-state index is 0.110. The van der Waals surface area contributed by atoms with E-state index in [0.29, 0.717) is 30.3 Å². The summed E-state index contributed by atoms with van der Waals surface area (Å²) in [6.45, 7) is 3.44. The van der Waals surface area contributed by atoms with Gasteiger partial charge in [-0.25, -0.2) is 4.98 Å². The number of pyridine rings is 1. The number of aromatic nitrogens is 3. The Bertz CT molecular complexity index is 534.